The average Bonchev–Trinajstić information content (AvgIpc) is 2.38. The number of hydrogen-bond acceptors (Lipinski definition) is 4. The van der Waals surface area contributed by atoms with E-state index in [1.807, 2.05) is 20.8 Å². The lowest BCUT2D eigenvalue weighted by Crippen LogP contribution is -2.70. The van der Waals surface area contributed by atoms with Gasteiger partial charge < -0.3 is 10.2 Å². The summed E-state index contributed by atoms with van der Waals surface area (Å²) in [5, 5.41) is 2.76. The van der Waals surface area contributed by atoms with Crippen molar-refractivity contribution in [3.8, 4) is 0 Å². The molecule has 20 heavy (non-hydrogen) atoms. The maximum atomic E-state index is 12.5. The van der Waals surface area contributed by atoms with Crippen LogP contribution in [0.2, 0.25) is 0 Å². The fraction of sp³-hybridized carbons (Fsp3) is 0.846. The van der Waals surface area contributed by atoms with Gasteiger partial charge in [-0.05, 0) is 19.3 Å². The van der Waals surface area contributed by atoms with Crippen molar-refractivity contribution < 1.29 is 18.0 Å². The Labute approximate surface area is 120 Å². The predicted molar refractivity (Wildman–Crippen MR) is 77.0 cm³/mol. The van der Waals surface area contributed by atoms with E-state index in [0.29, 0.717) is 19.3 Å². The zero-order valence-electron chi connectivity index (χ0n) is 12.6. The van der Waals surface area contributed by atoms with Gasteiger partial charge in [-0.3, -0.25) is 9.59 Å². The average molecular weight is 304 g/mol. The van der Waals surface area contributed by atoms with Gasteiger partial charge in [0.1, 0.15) is 21.4 Å². The van der Waals surface area contributed by atoms with Crippen LogP contribution >= 0.6 is 0 Å². The van der Waals surface area contributed by atoms with Crippen molar-refractivity contribution >= 4 is 21.7 Å². The molecule has 0 spiro atoms. The van der Waals surface area contributed by atoms with E-state index in [9.17, 15) is 18.0 Å². The number of piperazine rings is 1. The smallest absolute Gasteiger partial charge is 0.246 e. The van der Waals surface area contributed by atoms with Gasteiger partial charge in [-0.25, -0.2) is 8.42 Å². The number of carbonyl (C=O) groups excluding carboxylic acids is 2. The third-order valence-corrected chi connectivity index (χ3v) is 5.00. The zero-order chi connectivity index (χ0) is 15.6. The zero-order valence-corrected chi connectivity index (χ0v) is 13.4. The molecule has 2 amide bonds. The molecule has 7 heteroatoms. The van der Waals surface area contributed by atoms with Crippen molar-refractivity contribution in [1.29, 1.82) is 0 Å². The molecule has 0 aromatic carbocycles. The summed E-state index contributed by atoms with van der Waals surface area (Å²) in [6.07, 6.45) is 2.59. The largest absolute Gasteiger partial charge is 0.342 e. The molecule has 1 atom stereocenters. The number of sulfone groups is 1. The maximum absolute atomic E-state index is 12.5. The normalized spacial score (nSPS) is 22.8. The molecular formula is C13H24N2O4S. The van der Waals surface area contributed by atoms with Crippen molar-refractivity contribution in [3.63, 3.8) is 0 Å². The van der Waals surface area contributed by atoms with E-state index in [4.69, 9.17) is 0 Å². The lowest BCUT2D eigenvalue weighted by atomic mass is 9.85. The van der Waals surface area contributed by atoms with Crippen LogP contribution in [0.25, 0.3) is 0 Å². The minimum Gasteiger partial charge on any atom is -0.342 e. The van der Waals surface area contributed by atoms with Crippen LogP contribution in [0.3, 0.4) is 0 Å². The Bertz CT molecular complexity index is 483. The highest BCUT2D eigenvalue weighted by atomic mass is 32.2. The molecule has 0 aliphatic carbocycles. The second-order valence-corrected chi connectivity index (χ2v) is 7.55. The summed E-state index contributed by atoms with van der Waals surface area (Å²) in [7, 11) is -3.18. The first kappa shape index (κ1) is 16.9. The van der Waals surface area contributed by atoms with Gasteiger partial charge in [0.2, 0.25) is 11.8 Å². The van der Waals surface area contributed by atoms with Crippen LogP contribution in [0.1, 0.15) is 40.0 Å². The van der Waals surface area contributed by atoms with Gasteiger partial charge in [0.25, 0.3) is 0 Å². The van der Waals surface area contributed by atoms with Crippen LogP contribution in [0.15, 0.2) is 0 Å². The van der Waals surface area contributed by atoms with E-state index in [-0.39, 0.29) is 24.1 Å². The summed E-state index contributed by atoms with van der Waals surface area (Å²) >= 11 is 0. The highest BCUT2D eigenvalue weighted by molar-refractivity contribution is 7.90. The summed E-state index contributed by atoms with van der Waals surface area (Å²) in [5.74, 6) is -0.480. The van der Waals surface area contributed by atoms with Crippen LogP contribution in [0.4, 0.5) is 0 Å². The third-order valence-electron chi connectivity index (χ3n) is 4.07. The Hall–Kier alpha value is -1.11. The molecular weight excluding hydrogens is 280 g/mol. The van der Waals surface area contributed by atoms with Crippen molar-refractivity contribution in [2.75, 3.05) is 18.6 Å². The molecule has 1 aliphatic heterocycles. The van der Waals surface area contributed by atoms with Crippen molar-refractivity contribution in [2.45, 2.75) is 51.6 Å². The van der Waals surface area contributed by atoms with Crippen LogP contribution in [-0.4, -0.2) is 55.3 Å². The fourth-order valence-electron chi connectivity index (χ4n) is 2.69. The molecule has 6 nitrogen and oxygen atoms in total. The van der Waals surface area contributed by atoms with Gasteiger partial charge in [-0.2, -0.15) is 0 Å². The fourth-order valence-corrected chi connectivity index (χ4v) is 3.20. The second kappa shape index (κ2) is 6.11. The number of nitrogens with one attached hydrogen (secondary N) is 1. The SMILES string of the molecule is CCC1NC(=O)C(CC)(CC)N(CCS(C)(=O)=O)C1=O. The summed E-state index contributed by atoms with van der Waals surface area (Å²) in [5.41, 5.74) is -0.923. The van der Waals surface area contributed by atoms with Crippen LogP contribution in [0.5, 0.6) is 0 Å². The minimum absolute atomic E-state index is 0.0727. The van der Waals surface area contributed by atoms with Gasteiger partial charge in [0.15, 0.2) is 0 Å². The summed E-state index contributed by atoms with van der Waals surface area (Å²) in [6, 6.07) is -0.548. The molecule has 0 aromatic rings. The molecule has 0 saturated carbocycles. The first-order chi connectivity index (χ1) is 9.21. The molecule has 1 saturated heterocycles. The standard InChI is InChI=1S/C13H24N2O4S/c1-5-10-11(16)15(8-9-20(4,18)19)13(6-2,7-3)12(17)14-10/h10H,5-9H2,1-4H3,(H,14,17). The number of amides is 2. The Morgan fingerprint density at radius 2 is 1.75 bits per heavy atom. The van der Waals surface area contributed by atoms with E-state index >= 15 is 0 Å². The van der Waals surface area contributed by atoms with Gasteiger partial charge in [0, 0.05) is 12.8 Å². The lowest BCUT2D eigenvalue weighted by Gasteiger charge is -2.47. The summed E-state index contributed by atoms with van der Waals surface area (Å²) in [4.78, 5) is 26.3. The molecule has 1 fully saturated rings. The molecule has 0 bridgehead atoms. The highest BCUT2D eigenvalue weighted by Crippen LogP contribution is 2.29. The predicted octanol–water partition coefficient (Wildman–Crippen LogP) is 0.327. The molecule has 0 aromatic heterocycles. The van der Waals surface area contributed by atoms with E-state index in [1.54, 1.807) is 0 Å². The third kappa shape index (κ3) is 3.13. The van der Waals surface area contributed by atoms with Gasteiger partial charge in [0.05, 0.1) is 5.75 Å². The summed E-state index contributed by atoms with van der Waals surface area (Å²) < 4.78 is 22.7. The highest BCUT2D eigenvalue weighted by Gasteiger charge is 2.49. The monoisotopic (exact) mass is 304 g/mol. The second-order valence-electron chi connectivity index (χ2n) is 5.29. The van der Waals surface area contributed by atoms with Gasteiger partial charge in [-0.1, -0.05) is 20.8 Å². The minimum atomic E-state index is -3.18. The Morgan fingerprint density at radius 3 is 2.15 bits per heavy atom. The molecule has 1 heterocycles. The van der Waals surface area contributed by atoms with Crippen LogP contribution < -0.4 is 5.32 Å². The molecule has 1 rings (SSSR count). The first-order valence-electron chi connectivity index (χ1n) is 7.02. The molecule has 1 unspecified atom stereocenters. The van der Waals surface area contributed by atoms with Gasteiger partial charge >= 0.3 is 0 Å². The molecule has 1 N–H and O–H groups in total. The quantitative estimate of drug-likeness (QED) is 0.766. The molecule has 116 valence electrons. The Balaban J connectivity index is 3.12. The summed E-state index contributed by atoms with van der Waals surface area (Å²) in [6.45, 7) is 5.58. The van der Waals surface area contributed by atoms with Crippen molar-refractivity contribution in [2.24, 2.45) is 0 Å². The maximum Gasteiger partial charge on any atom is 0.246 e. The number of rotatable bonds is 6. The lowest BCUT2D eigenvalue weighted by molar-refractivity contribution is -0.158. The van der Waals surface area contributed by atoms with E-state index in [1.165, 1.54) is 4.90 Å². The van der Waals surface area contributed by atoms with Crippen LogP contribution in [0, 0.1) is 0 Å². The molecule has 1 aliphatic rings. The van der Waals surface area contributed by atoms with E-state index in [2.05, 4.69) is 5.32 Å². The van der Waals surface area contributed by atoms with E-state index in [0.717, 1.165) is 6.26 Å². The van der Waals surface area contributed by atoms with Gasteiger partial charge in [-0.15, -0.1) is 0 Å². The number of nitrogens with zero attached hydrogens (tertiary/aromatic N) is 1. The first-order valence-corrected chi connectivity index (χ1v) is 9.08. The van der Waals surface area contributed by atoms with Crippen LogP contribution in [-0.2, 0) is 19.4 Å². The number of hydrogen-bond donors (Lipinski definition) is 1. The number of carbonyl (C=O) groups is 2. The Kier molecular flexibility index (Phi) is 5.18. The topological polar surface area (TPSA) is 83.6 Å². The van der Waals surface area contributed by atoms with Crippen molar-refractivity contribution in [1.82, 2.24) is 10.2 Å². The van der Waals surface area contributed by atoms with Crippen molar-refractivity contribution in [3.05, 3.63) is 0 Å². The van der Waals surface area contributed by atoms with E-state index < -0.39 is 21.4 Å². The molecule has 0 radical (unpaired) electrons. The Morgan fingerprint density at radius 1 is 1.20 bits per heavy atom.